The summed E-state index contributed by atoms with van der Waals surface area (Å²) < 4.78 is 5.14. The van der Waals surface area contributed by atoms with Crippen molar-refractivity contribution in [3.8, 4) is 5.75 Å². The maximum Gasteiger partial charge on any atom is 0.255 e. The lowest BCUT2D eigenvalue weighted by molar-refractivity contribution is 0.0903. The third-order valence-electron chi connectivity index (χ3n) is 3.63. The topological polar surface area (TPSA) is 78.8 Å². The number of nitrogens with one attached hydrogen (secondary N) is 1. The summed E-state index contributed by atoms with van der Waals surface area (Å²) in [5.41, 5.74) is 0.363. The number of carbonyl (C=O) groups is 1. The Bertz CT molecular complexity index is 494. The lowest BCUT2D eigenvalue weighted by Gasteiger charge is -2.14. The Morgan fingerprint density at radius 2 is 2.25 bits per heavy atom. The van der Waals surface area contributed by atoms with Crippen LogP contribution >= 0.6 is 11.6 Å². The Morgan fingerprint density at radius 1 is 1.50 bits per heavy atom. The smallest absolute Gasteiger partial charge is 0.255 e. The van der Waals surface area contributed by atoms with E-state index in [0.717, 1.165) is 0 Å². The number of hydrogen-bond donors (Lipinski definition) is 3. The van der Waals surface area contributed by atoms with Gasteiger partial charge in [0.25, 0.3) is 5.91 Å². The van der Waals surface area contributed by atoms with Gasteiger partial charge in [0, 0.05) is 23.6 Å². The van der Waals surface area contributed by atoms with Crippen LogP contribution in [0.25, 0.3) is 0 Å². The zero-order valence-electron chi connectivity index (χ0n) is 11.2. The summed E-state index contributed by atoms with van der Waals surface area (Å²) in [6.07, 6.45) is 0.429. The number of rotatable bonds is 4. The zero-order chi connectivity index (χ0) is 14.7. The van der Waals surface area contributed by atoms with Crippen LogP contribution in [0.5, 0.6) is 5.75 Å². The number of benzene rings is 1. The molecule has 1 amide bonds. The largest absolute Gasteiger partial charge is 0.496 e. The van der Waals surface area contributed by atoms with Gasteiger partial charge in [-0.3, -0.25) is 4.79 Å². The summed E-state index contributed by atoms with van der Waals surface area (Å²) >= 11 is 5.89. The van der Waals surface area contributed by atoms with Crippen LogP contribution < -0.4 is 10.1 Å². The molecule has 20 heavy (non-hydrogen) atoms. The van der Waals surface area contributed by atoms with Gasteiger partial charge in [-0.25, -0.2) is 0 Å². The van der Waals surface area contributed by atoms with Gasteiger partial charge in [0.1, 0.15) is 5.75 Å². The molecule has 0 aliphatic heterocycles. The number of amides is 1. The predicted octanol–water partition coefficient (Wildman–Crippen LogP) is 1.21. The molecule has 1 aromatic carbocycles. The van der Waals surface area contributed by atoms with Crippen molar-refractivity contribution < 1.29 is 19.7 Å². The summed E-state index contributed by atoms with van der Waals surface area (Å²) in [6, 6.07) is 4.68. The van der Waals surface area contributed by atoms with E-state index in [4.69, 9.17) is 21.4 Å². The second-order valence-electron chi connectivity index (χ2n) is 5.00. The first-order chi connectivity index (χ1) is 9.55. The van der Waals surface area contributed by atoms with Crippen LogP contribution in [0, 0.1) is 5.92 Å². The van der Waals surface area contributed by atoms with Gasteiger partial charge >= 0.3 is 0 Å². The van der Waals surface area contributed by atoms with E-state index in [1.165, 1.54) is 7.11 Å². The van der Waals surface area contributed by atoms with Crippen molar-refractivity contribution in [3.05, 3.63) is 28.8 Å². The van der Waals surface area contributed by atoms with E-state index in [-0.39, 0.29) is 24.5 Å². The zero-order valence-corrected chi connectivity index (χ0v) is 11.9. The number of halogens is 1. The van der Waals surface area contributed by atoms with Crippen LogP contribution in [0.1, 0.15) is 23.2 Å². The van der Waals surface area contributed by atoms with Crippen molar-refractivity contribution in [1.82, 2.24) is 5.32 Å². The molecule has 1 saturated carbocycles. The molecule has 5 nitrogen and oxygen atoms in total. The Morgan fingerprint density at radius 3 is 2.85 bits per heavy atom. The summed E-state index contributed by atoms with van der Waals surface area (Å²) in [7, 11) is 1.49. The highest BCUT2D eigenvalue weighted by molar-refractivity contribution is 6.31. The fraction of sp³-hybridized carbons (Fsp3) is 0.500. The molecule has 0 heterocycles. The van der Waals surface area contributed by atoms with Crippen molar-refractivity contribution in [2.45, 2.75) is 25.0 Å². The molecule has 0 radical (unpaired) electrons. The van der Waals surface area contributed by atoms with Crippen LogP contribution in [0.3, 0.4) is 0 Å². The normalized spacial score (nSPS) is 25.5. The van der Waals surface area contributed by atoms with E-state index < -0.39 is 6.10 Å². The van der Waals surface area contributed by atoms with Crippen molar-refractivity contribution in [2.75, 3.05) is 13.7 Å². The average Bonchev–Trinajstić information content (AvgIpc) is 2.78. The first kappa shape index (κ1) is 15.1. The lowest BCUT2D eigenvalue weighted by atomic mass is 10.1. The number of aliphatic hydroxyl groups is 2. The second-order valence-corrected chi connectivity index (χ2v) is 5.43. The highest BCUT2D eigenvalue weighted by Gasteiger charge is 2.33. The Balaban J connectivity index is 2.07. The van der Waals surface area contributed by atoms with Gasteiger partial charge in [-0.05, 0) is 31.0 Å². The van der Waals surface area contributed by atoms with Crippen LogP contribution in [-0.4, -0.2) is 42.0 Å². The van der Waals surface area contributed by atoms with E-state index >= 15 is 0 Å². The maximum absolute atomic E-state index is 12.2. The van der Waals surface area contributed by atoms with Crippen molar-refractivity contribution in [2.24, 2.45) is 5.92 Å². The van der Waals surface area contributed by atoms with E-state index in [0.29, 0.717) is 29.2 Å². The lowest BCUT2D eigenvalue weighted by Crippen LogP contribution is -2.33. The number of carbonyl (C=O) groups excluding carboxylic acids is 1. The molecule has 0 saturated heterocycles. The third kappa shape index (κ3) is 3.23. The average molecular weight is 300 g/mol. The third-order valence-corrected chi connectivity index (χ3v) is 3.87. The van der Waals surface area contributed by atoms with Crippen LogP contribution in [-0.2, 0) is 0 Å². The van der Waals surface area contributed by atoms with Crippen LogP contribution in [0.2, 0.25) is 5.02 Å². The molecule has 1 fully saturated rings. The molecule has 110 valence electrons. The highest BCUT2D eigenvalue weighted by atomic mass is 35.5. The molecule has 0 bridgehead atoms. The van der Waals surface area contributed by atoms with Crippen molar-refractivity contribution in [3.63, 3.8) is 0 Å². The van der Waals surface area contributed by atoms with Gasteiger partial charge in [-0.15, -0.1) is 0 Å². The summed E-state index contributed by atoms with van der Waals surface area (Å²) in [4.78, 5) is 12.2. The molecule has 1 aliphatic rings. The molecule has 0 spiro atoms. The molecule has 6 heteroatoms. The maximum atomic E-state index is 12.2. The molecule has 1 aliphatic carbocycles. The number of ether oxygens (including phenoxy) is 1. The van der Waals surface area contributed by atoms with Gasteiger partial charge in [-0.2, -0.15) is 0 Å². The minimum atomic E-state index is -0.577. The van der Waals surface area contributed by atoms with Gasteiger partial charge in [0.15, 0.2) is 0 Å². The first-order valence-corrected chi connectivity index (χ1v) is 6.86. The van der Waals surface area contributed by atoms with E-state index in [1.807, 2.05) is 0 Å². The second kappa shape index (κ2) is 6.43. The Kier molecular flexibility index (Phi) is 4.86. The van der Waals surface area contributed by atoms with Gasteiger partial charge in [0.2, 0.25) is 0 Å². The molecule has 3 atom stereocenters. The van der Waals surface area contributed by atoms with Gasteiger partial charge < -0.3 is 20.3 Å². The van der Waals surface area contributed by atoms with Crippen molar-refractivity contribution in [1.29, 1.82) is 0 Å². The molecular formula is C14H18ClNO4. The number of hydrogen-bond acceptors (Lipinski definition) is 4. The van der Waals surface area contributed by atoms with Crippen LogP contribution in [0.15, 0.2) is 18.2 Å². The summed E-state index contributed by atoms with van der Waals surface area (Å²) in [5, 5.41) is 22.1. The van der Waals surface area contributed by atoms with Gasteiger partial charge in [0.05, 0.1) is 18.8 Å². The molecule has 3 N–H and O–H groups in total. The van der Waals surface area contributed by atoms with Crippen LogP contribution in [0.4, 0.5) is 0 Å². The fourth-order valence-corrected chi connectivity index (χ4v) is 2.71. The predicted molar refractivity (Wildman–Crippen MR) is 75.1 cm³/mol. The molecule has 2 rings (SSSR count). The SMILES string of the molecule is COc1ccc(Cl)cc1C(=O)N[C@H]1C[C@H](CO)[C@H](O)C1. The van der Waals surface area contributed by atoms with E-state index in [9.17, 15) is 9.90 Å². The Labute approximate surface area is 122 Å². The fourth-order valence-electron chi connectivity index (χ4n) is 2.54. The molecule has 0 aromatic heterocycles. The summed E-state index contributed by atoms with van der Waals surface area (Å²) in [5.74, 6) is -0.0224. The quantitative estimate of drug-likeness (QED) is 0.781. The van der Waals surface area contributed by atoms with E-state index in [1.54, 1.807) is 18.2 Å². The molecule has 0 unspecified atom stereocenters. The molecule has 1 aromatic rings. The monoisotopic (exact) mass is 299 g/mol. The minimum absolute atomic E-state index is 0.0754. The molecular weight excluding hydrogens is 282 g/mol. The van der Waals surface area contributed by atoms with Crippen molar-refractivity contribution >= 4 is 17.5 Å². The van der Waals surface area contributed by atoms with E-state index in [2.05, 4.69) is 5.32 Å². The van der Waals surface area contributed by atoms with Gasteiger partial charge in [-0.1, -0.05) is 11.6 Å². The first-order valence-electron chi connectivity index (χ1n) is 6.48. The highest BCUT2D eigenvalue weighted by Crippen LogP contribution is 2.27. The standard InChI is InChI=1S/C14H18ClNO4/c1-20-13-3-2-9(15)5-11(13)14(19)16-10-4-8(7-17)12(18)6-10/h2-3,5,8,10,12,17-18H,4,6-7H2,1H3,(H,16,19)/t8-,10+,12-/m1/s1. The minimum Gasteiger partial charge on any atom is -0.496 e. The summed E-state index contributed by atoms with van der Waals surface area (Å²) in [6.45, 7) is -0.0754. The number of methoxy groups -OCH3 is 1. The Hall–Kier alpha value is -1.30. The number of aliphatic hydroxyl groups excluding tert-OH is 2.